The number of hydrogen-bond acceptors (Lipinski definition) is 2. The van der Waals surface area contributed by atoms with Crippen molar-refractivity contribution in [1.29, 1.82) is 0 Å². The highest BCUT2D eigenvalue weighted by Gasteiger charge is 2.16. The van der Waals surface area contributed by atoms with Crippen molar-refractivity contribution in [3.05, 3.63) is 58.6 Å². The van der Waals surface area contributed by atoms with E-state index in [0.29, 0.717) is 6.54 Å². The van der Waals surface area contributed by atoms with Crippen LogP contribution in [0.3, 0.4) is 0 Å². The lowest BCUT2D eigenvalue weighted by atomic mass is 10.1. The molecule has 1 amide bonds. The molecule has 0 saturated heterocycles. The summed E-state index contributed by atoms with van der Waals surface area (Å²) < 4.78 is 3.29. The van der Waals surface area contributed by atoms with E-state index in [0.717, 1.165) is 28.9 Å². The zero-order chi connectivity index (χ0) is 15.5. The molecule has 4 heteroatoms. The van der Waals surface area contributed by atoms with Gasteiger partial charge in [-0.3, -0.25) is 4.79 Å². The van der Waals surface area contributed by atoms with Crippen molar-refractivity contribution >= 4 is 27.5 Å². The first-order valence-corrected chi connectivity index (χ1v) is 8.48. The van der Waals surface area contributed by atoms with Crippen LogP contribution >= 0.6 is 11.3 Å². The summed E-state index contributed by atoms with van der Waals surface area (Å²) in [5.74, 6) is 0.0128. The van der Waals surface area contributed by atoms with Crippen LogP contribution in [0, 0.1) is 6.92 Å². The summed E-state index contributed by atoms with van der Waals surface area (Å²) >= 11 is 1.68. The molecule has 0 aliphatic rings. The Kier molecular flexibility index (Phi) is 4.29. The summed E-state index contributed by atoms with van der Waals surface area (Å²) in [4.78, 5) is 12.4. The van der Waals surface area contributed by atoms with Crippen molar-refractivity contribution in [2.45, 2.75) is 26.8 Å². The maximum absolute atomic E-state index is 12.4. The van der Waals surface area contributed by atoms with Crippen LogP contribution in [-0.4, -0.2) is 17.0 Å². The number of carbonyl (C=O) groups excluding carboxylic acids is 1. The second kappa shape index (κ2) is 6.36. The van der Waals surface area contributed by atoms with Gasteiger partial charge in [0.05, 0.1) is 10.2 Å². The van der Waals surface area contributed by atoms with Gasteiger partial charge in [0.2, 0.25) is 0 Å². The summed E-state index contributed by atoms with van der Waals surface area (Å²) in [5.41, 5.74) is 4.38. The third kappa shape index (κ3) is 2.79. The molecule has 3 nitrogen and oxygen atoms in total. The molecule has 1 aromatic carbocycles. The van der Waals surface area contributed by atoms with Gasteiger partial charge in [-0.1, -0.05) is 31.2 Å². The summed E-state index contributed by atoms with van der Waals surface area (Å²) in [7, 11) is 0. The quantitative estimate of drug-likeness (QED) is 0.753. The first-order chi connectivity index (χ1) is 10.7. The fraction of sp³-hybridized carbons (Fsp3) is 0.278. The summed E-state index contributed by atoms with van der Waals surface area (Å²) in [6.07, 6.45) is 0.943. The zero-order valence-electron chi connectivity index (χ0n) is 12.9. The first kappa shape index (κ1) is 14.9. The molecule has 1 N–H and O–H groups in total. The van der Waals surface area contributed by atoms with Gasteiger partial charge in [-0.25, -0.2) is 0 Å². The van der Waals surface area contributed by atoms with Gasteiger partial charge in [0.15, 0.2) is 0 Å². The molecule has 3 rings (SSSR count). The number of carbonyl (C=O) groups is 1. The maximum atomic E-state index is 12.4. The van der Waals surface area contributed by atoms with Crippen molar-refractivity contribution < 1.29 is 4.79 Å². The molecule has 2 heterocycles. The topological polar surface area (TPSA) is 34.0 Å². The number of aromatic nitrogens is 1. The molecule has 114 valence electrons. The van der Waals surface area contributed by atoms with Crippen LogP contribution in [0.25, 0.3) is 10.2 Å². The van der Waals surface area contributed by atoms with E-state index < -0.39 is 0 Å². The average molecular weight is 312 g/mol. The normalized spacial score (nSPS) is 11.0. The van der Waals surface area contributed by atoms with Gasteiger partial charge in [-0.15, -0.1) is 11.3 Å². The largest absolute Gasteiger partial charge is 0.351 e. The SMILES string of the molecule is CCCNC(=O)c1cc2sccc2n1Cc1ccccc1C. The van der Waals surface area contributed by atoms with E-state index in [4.69, 9.17) is 0 Å². The highest BCUT2D eigenvalue weighted by molar-refractivity contribution is 7.17. The lowest BCUT2D eigenvalue weighted by molar-refractivity contribution is 0.0945. The Morgan fingerprint density at radius 2 is 2.09 bits per heavy atom. The number of amides is 1. The Hall–Kier alpha value is -2.07. The highest BCUT2D eigenvalue weighted by Crippen LogP contribution is 2.26. The van der Waals surface area contributed by atoms with Gasteiger partial charge < -0.3 is 9.88 Å². The van der Waals surface area contributed by atoms with E-state index in [-0.39, 0.29) is 5.91 Å². The number of nitrogens with zero attached hydrogens (tertiary/aromatic N) is 1. The number of thiophene rings is 1. The molecule has 0 fully saturated rings. The van der Waals surface area contributed by atoms with Crippen LogP contribution < -0.4 is 5.32 Å². The molecule has 3 aromatic rings. The molecule has 0 radical (unpaired) electrons. The summed E-state index contributed by atoms with van der Waals surface area (Å²) in [5, 5.41) is 5.06. The van der Waals surface area contributed by atoms with E-state index in [1.54, 1.807) is 11.3 Å². The Morgan fingerprint density at radius 1 is 1.27 bits per heavy atom. The molecule has 0 aliphatic carbocycles. The molecule has 0 atom stereocenters. The Morgan fingerprint density at radius 3 is 2.86 bits per heavy atom. The zero-order valence-corrected chi connectivity index (χ0v) is 13.7. The Bertz CT molecular complexity index is 800. The van der Waals surface area contributed by atoms with Crippen LogP contribution in [-0.2, 0) is 6.54 Å². The molecule has 2 aromatic heterocycles. The third-order valence-corrected chi connectivity index (χ3v) is 4.73. The molecule has 0 bridgehead atoms. The lowest BCUT2D eigenvalue weighted by Gasteiger charge is -2.12. The number of fused-ring (bicyclic) bond motifs is 1. The van der Waals surface area contributed by atoms with E-state index in [9.17, 15) is 4.79 Å². The molecule has 0 aliphatic heterocycles. The average Bonchev–Trinajstić information content (AvgIpc) is 3.09. The minimum absolute atomic E-state index is 0.0128. The third-order valence-electron chi connectivity index (χ3n) is 3.88. The van der Waals surface area contributed by atoms with Crippen molar-refractivity contribution in [2.75, 3.05) is 6.54 Å². The smallest absolute Gasteiger partial charge is 0.267 e. The van der Waals surface area contributed by atoms with E-state index in [1.807, 2.05) is 18.2 Å². The Labute approximate surface area is 134 Å². The predicted octanol–water partition coefficient (Wildman–Crippen LogP) is 4.20. The monoisotopic (exact) mass is 312 g/mol. The second-order valence-corrected chi connectivity index (χ2v) is 6.42. The van der Waals surface area contributed by atoms with Gasteiger partial charge in [0.1, 0.15) is 5.69 Å². The standard InChI is InChI=1S/C18H20N2OS/c1-3-9-19-18(21)16-11-17-15(8-10-22-17)20(16)12-14-7-5-4-6-13(14)2/h4-8,10-11H,3,9,12H2,1-2H3,(H,19,21). The summed E-state index contributed by atoms with van der Waals surface area (Å²) in [6.45, 7) is 5.61. The fourth-order valence-corrected chi connectivity index (χ4v) is 3.44. The van der Waals surface area contributed by atoms with E-state index in [2.05, 4.69) is 47.3 Å². The van der Waals surface area contributed by atoms with Crippen molar-refractivity contribution in [2.24, 2.45) is 0 Å². The van der Waals surface area contributed by atoms with E-state index in [1.165, 1.54) is 11.1 Å². The van der Waals surface area contributed by atoms with Gasteiger partial charge in [0.25, 0.3) is 5.91 Å². The predicted molar refractivity (Wildman–Crippen MR) is 92.7 cm³/mol. The minimum Gasteiger partial charge on any atom is -0.351 e. The second-order valence-electron chi connectivity index (χ2n) is 5.47. The van der Waals surface area contributed by atoms with Crippen LogP contribution in [0.5, 0.6) is 0 Å². The van der Waals surface area contributed by atoms with Crippen LogP contribution in [0.1, 0.15) is 35.0 Å². The van der Waals surface area contributed by atoms with Crippen LogP contribution in [0.15, 0.2) is 41.8 Å². The molecule has 0 saturated carbocycles. The van der Waals surface area contributed by atoms with Crippen molar-refractivity contribution in [1.82, 2.24) is 9.88 Å². The van der Waals surface area contributed by atoms with Gasteiger partial charge in [-0.2, -0.15) is 0 Å². The maximum Gasteiger partial charge on any atom is 0.267 e. The lowest BCUT2D eigenvalue weighted by Crippen LogP contribution is -2.26. The number of benzene rings is 1. The summed E-state index contributed by atoms with van der Waals surface area (Å²) in [6, 6.07) is 12.4. The van der Waals surface area contributed by atoms with Gasteiger partial charge in [0, 0.05) is 13.1 Å². The van der Waals surface area contributed by atoms with Crippen LogP contribution in [0.2, 0.25) is 0 Å². The number of hydrogen-bond donors (Lipinski definition) is 1. The minimum atomic E-state index is 0.0128. The van der Waals surface area contributed by atoms with Gasteiger partial charge >= 0.3 is 0 Å². The molecular weight excluding hydrogens is 292 g/mol. The molecule has 22 heavy (non-hydrogen) atoms. The van der Waals surface area contributed by atoms with Gasteiger partial charge in [-0.05, 0) is 42.0 Å². The van der Waals surface area contributed by atoms with Crippen molar-refractivity contribution in [3.8, 4) is 0 Å². The molecule has 0 unspecified atom stereocenters. The Balaban J connectivity index is 2.01. The number of rotatable bonds is 5. The number of aryl methyl sites for hydroxylation is 1. The number of nitrogens with one attached hydrogen (secondary N) is 1. The fourth-order valence-electron chi connectivity index (χ4n) is 2.62. The first-order valence-electron chi connectivity index (χ1n) is 7.60. The highest BCUT2D eigenvalue weighted by atomic mass is 32.1. The van der Waals surface area contributed by atoms with Crippen molar-refractivity contribution in [3.63, 3.8) is 0 Å². The molecule has 0 spiro atoms. The molecular formula is C18H20N2OS. The van der Waals surface area contributed by atoms with Crippen LogP contribution in [0.4, 0.5) is 0 Å². The van der Waals surface area contributed by atoms with E-state index >= 15 is 0 Å².